The molecule has 25 heavy (non-hydrogen) atoms. The maximum atomic E-state index is 11.9. The van der Waals surface area contributed by atoms with Crippen LogP contribution in [0.25, 0.3) is 0 Å². The Morgan fingerprint density at radius 1 is 1.08 bits per heavy atom. The summed E-state index contributed by atoms with van der Waals surface area (Å²) in [6.07, 6.45) is 8.18. The van der Waals surface area contributed by atoms with Crippen molar-refractivity contribution in [1.82, 2.24) is 9.80 Å². The highest BCUT2D eigenvalue weighted by atomic mass is 16.4. The minimum Gasteiger partial charge on any atom is -0.480 e. The summed E-state index contributed by atoms with van der Waals surface area (Å²) in [6, 6.07) is 11.3. The molecule has 4 atom stereocenters. The first kappa shape index (κ1) is 17.0. The lowest BCUT2D eigenvalue weighted by Gasteiger charge is -2.43. The standard InChI is InChI=1S/C21H30N2O2/c24-21(25)20-13-17-9-4-5-11-19(17)23(20)18-10-6-12-22(15-18)14-16-7-2-1-3-8-16/h1-3,7-8,17-20H,4-6,9-15H2,(H,24,25). The molecule has 4 rings (SSSR count). The van der Waals surface area contributed by atoms with Crippen LogP contribution >= 0.6 is 0 Å². The molecular weight excluding hydrogens is 312 g/mol. The molecule has 1 aromatic rings. The van der Waals surface area contributed by atoms with Crippen molar-refractivity contribution in [3.05, 3.63) is 35.9 Å². The number of rotatable bonds is 4. The molecule has 1 aliphatic carbocycles. The molecule has 2 heterocycles. The van der Waals surface area contributed by atoms with Gasteiger partial charge in [0.15, 0.2) is 0 Å². The summed E-state index contributed by atoms with van der Waals surface area (Å²) >= 11 is 0. The lowest BCUT2D eigenvalue weighted by Crippen LogP contribution is -2.54. The number of likely N-dealkylation sites (tertiary alicyclic amines) is 2. The Hall–Kier alpha value is -1.39. The zero-order valence-corrected chi connectivity index (χ0v) is 15.0. The van der Waals surface area contributed by atoms with Gasteiger partial charge in [-0.2, -0.15) is 0 Å². The molecule has 0 bridgehead atoms. The number of hydrogen-bond donors (Lipinski definition) is 1. The second-order valence-corrected chi connectivity index (χ2v) is 8.17. The summed E-state index contributed by atoms with van der Waals surface area (Å²) in [6.45, 7) is 3.13. The molecule has 2 saturated heterocycles. The predicted molar refractivity (Wildman–Crippen MR) is 98.4 cm³/mol. The van der Waals surface area contributed by atoms with E-state index in [1.54, 1.807) is 0 Å². The Kier molecular flexibility index (Phi) is 5.09. The third-order valence-electron chi connectivity index (χ3n) is 6.57. The van der Waals surface area contributed by atoms with Gasteiger partial charge in [-0.25, -0.2) is 0 Å². The normalized spacial score (nSPS) is 33.9. The van der Waals surface area contributed by atoms with E-state index in [1.165, 1.54) is 37.7 Å². The summed E-state index contributed by atoms with van der Waals surface area (Å²) in [7, 11) is 0. The van der Waals surface area contributed by atoms with E-state index in [0.717, 1.165) is 32.5 Å². The first-order chi connectivity index (χ1) is 12.2. The van der Waals surface area contributed by atoms with Crippen molar-refractivity contribution in [2.45, 2.75) is 69.6 Å². The Labute approximate surface area is 150 Å². The van der Waals surface area contributed by atoms with Crippen molar-refractivity contribution in [2.24, 2.45) is 5.92 Å². The number of carbonyl (C=O) groups is 1. The highest BCUT2D eigenvalue weighted by Crippen LogP contribution is 2.42. The van der Waals surface area contributed by atoms with Crippen LogP contribution in [0.4, 0.5) is 0 Å². The lowest BCUT2D eigenvalue weighted by molar-refractivity contribution is -0.144. The van der Waals surface area contributed by atoms with Crippen molar-refractivity contribution in [1.29, 1.82) is 0 Å². The fourth-order valence-electron chi connectivity index (χ4n) is 5.51. The molecule has 3 aliphatic rings. The molecule has 1 saturated carbocycles. The zero-order chi connectivity index (χ0) is 17.2. The highest BCUT2D eigenvalue weighted by Gasteiger charge is 2.48. The van der Waals surface area contributed by atoms with Crippen LogP contribution in [-0.4, -0.2) is 52.1 Å². The summed E-state index contributed by atoms with van der Waals surface area (Å²) in [5.74, 6) is 0.00827. The fourth-order valence-corrected chi connectivity index (χ4v) is 5.51. The van der Waals surface area contributed by atoms with Gasteiger partial charge in [-0.05, 0) is 50.1 Å². The largest absolute Gasteiger partial charge is 0.480 e. The Bertz CT molecular complexity index is 591. The number of benzene rings is 1. The second-order valence-electron chi connectivity index (χ2n) is 8.17. The van der Waals surface area contributed by atoms with E-state index in [0.29, 0.717) is 18.0 Å². The first-order valence-corrected chi connectivity index (χ1v) is 9.99. The molecule has 1 aromatic carbocycles. The first-order valence-electron chi connectivity index (χ1n) is 9.99. The summed E-state index contributed by atoms with van der Waals surface area (Å²) in [5.41, 5.74) is 1.36. The van der Waals surface area contributed by atoms with Crippen LogP contribution in [0.3, 0.4) is 0 Å². The Morgan fingerprint density at radius 2 is 1.88 bits per heavy atom. The van der Waals surface area contributed by atoms with E-state index < -0.39 is 5.97 Å². The van der Waals surface area contributed by atoms with Crippen molar-refractivity contribution < 1.29 is 9.90 Å². The van der Waals surface area contributed by atoms with E-state index in [2.05, 4.69) is 40.1 Å². The number of fused-ring (bicyclic) bond motifs is 1. The van der Waals surface area contributed by atoms with Gasteiger partial charge in [-0.3, -0.25) is 14.6 Å². The predicted octanol–water partition coefficient (Wildman–Crippen LogP) is 3.37. The molecule has 0 aromatic heterocycles. The van der Waals surface area contributed by atoms with Gasteiger partial charge in [0.05, 0.1) is 0 Å². The van der Waals surface area contributed by atoms with Crippen LogP contribution in [0, 0.1) is 5.92 Å². The number of nitrogens with zero attached hydrogens (tertiary/aromatic N) is 2. The highest BCUT2D eigenvalue weighted by molar-refractivity contribution is 5.74. The number of hydrogen-bond acceptors (Lipinski definition) is 3. The number of piperidine rings is 1. The molecule has 4 nitrogen and oxygen atoms in total. The molecule has 4 unspecified atom stereocenters. The molecule has 0 radical (unpaired) electrons. The van der Waals surface area contributed by atoms with Gasteiger partial charge < -0.3 is 5.11 Å². The van der Waals surface area contributed by atoms with Gasteiger partial charge in [0.2, 0.25) is 0 Å². The van der Waals surface area contributed by atoms with Crippen LogP contribution in [-0.2, 0) is 11.3 Å². The van der Waals surface area contributed by atoms with Gasteiger partial charge >= 0.3 is 5.97 Å². The minimum absolute atomic E-state index is 0.255. The van der Waals surface area contributed by atoms with Crippen LogP contribution < -0.4 is 0 Å². The minimum atomic E-state index is -0.602. The maximum absolute atomic E-state index is 11.9. The van der Waals surface area contributed by atoms with Crippen molar-refractivity contribution in [2.75, 3.05) is 13.1 Å². The summed E-state index contributed by atoms with van der Waals surface area (Å²) < 4.78 is 0. The van der Waals surface area contributed by atoms with E-state index in [9.17, 15) is 9.90 Å². The Balaban J connectivity index is 1.48. The monoisotopic (exact) mass is 342 g/mol. The molecule has 3 fully saturated rings. The van der Waals surface area contributed by atoms with Crippen molar-refractivity contribution in [3.63, 3.8) is 0 Å². The third kappa shape index (κ3) is 3.61. The van der Waals surface area contributed by atoms with Crippen LogP contribution in [0.5, 0.6) is 0 Å². The average Bonchev–Trinajstić information content (AvgIpc) is 3.03. The fraction of sp³-hybridized carbons (Fsp3) is 0.667. The molecule has 0 amide bonds. The Morgan fingerprint density at radius 3 is 2.68 bits per heavy atom. The molecule has 2 aliphatic heterocycles. The van der Waals surface area contributed by atoms with Gasteiger partial charge in [0.25, 0.3) is 0 Å². The smallest absolute Gasteiger partial charge is 0.320 e. The maximum Gasteiger partial charge on any atom is 0.320 e. The molecule has 1 N–H and O–H groups in total. The second kappa shape index (κ2) is 7.46. The van der Waals surface area contributed by atoms with Gasteiger partial charge in [-0.1, -0.05) is 43.2 Å². The average molecular weight is 342 g/mol. The summed E-state index contributed by atoms with van der Waals surface area (Å²) in [5, 5.41) is 9.81. The van der Waals surface area contributed by atoms with Crippen molar-refractivity contribution >= 4 is 5.97 Å². The number of carboxylic acid groups (broad SMARTS) is 1. The van der Waals surface area contributed by atoms with Crippen molar-refractivity contribution in [3.8, 4) is 0 Å². The SMILES string of the molecule is O=C(O)C1CC2CCCCC2N1C1CCCN(Cc2ccccc2)C1. The van der Waals surface area contributed by atoms with Crippen LogP contribution in [0.2, 0.25) is 0 Å². The van der Waals surface area contributed by atoms with Crippen LogP contribution in [0.15, 0.2) is 30.3 Å². The molecule has 136 valence electrons. The van der Waals surface area contributed by atoms with Gasteiger partial charge in [-0.15, -0.1) is 0 Å². The topological polar surface area (TPSA) is 43.8 Å². The zero-order valence-electron chi connectivity index (χ0n) is 15.0. The van der Waals surface area contributed by atoms with E-state index >= 15 is 0 Å². The number of aliphatic carboxylic acids is 1. The quantitative estimate of drug-likeness (QED) is 0.911. The summed E-state index contributed by atoms with van der Waals surface area (Å²) in [4.78, 5) is 16.9. The van der Waals surface area contributed by atoms with Gasteiger partial charge in [0.1, 0.15) is 6.04 Å². The van der Waals surface area contributed by atoms with Crippen LogP contribution in [0.1, 0.15) is 50.5 Å². The molecular formula is C21H30N2O2. The molecule has 4 heteroatoms. The lowest BCUT2D eigenvalue weighted by atomic mass is 9.84. The third-order valence-corrected chi connectivity index (χ3v) is 6.57. The number of carboxylic acids is 1. The van der Waals surface area contributed by atoms with Gasteiger partial charge in [0, 0.05) is 25.2 Å². The van der Waals surface area contributed by atoms with E-state index in [1.807, 2.05) is 0 Å². The van der Waals surface area contributed by atoms with E-state index in [-0.39, 0.29) is 6.04 Å². The molecule has 0 spiro atoms. The van der Waals surface area contributed by atoms with E-state index in [4.69, 9.17) is 0 Å².